The standard InChI is InChI=1S/C5H4F3NOS/c1-10-4-3(5(6,7)8)11-2-9-4/h2H,1H3. The molecule has 0 saturated heterocycles. The third-order valence-corrected chi connectivity index (χ3v) is 1.84. The van der Waals surface area contributed by atoms with Gasteiger partial charge in [0.15, 0.2) is 4.88 Å². The van der Waals surface area contributed by atoms with E-state index in [0.29, 0.717) is 11.3 Å². The molecule has 0 saturated carbocycles. The molecule has 62 valence electrons. The van der Waals surface area contributed by atoms with Crippen molar-refractivity contribution in [2.45, 2.75) is 6.18 Å². The van der Waals surface area contributed by atoms with Gasteiger partial charge in [0.05, 0.1) is 12.6 Å². The molecular weight excluding hydrogens is 179 g/mol. The lowest BCUT2D eigenvalue weighted by Crippen LogP contribution is -2.04. The number of hydrogen-bond acceptors (Lipinski definition) is 3. The summed E-state index contributed by atoms with van der Waals surface area (Å²) in [6.45, 7) is 0. The van der Waals surface area contributed by atoms with E-state index in [1.54, 1.807) is 0 Å². The smallest absolute Gasteiger partial charge is 0.430 e. The van der Waals surface area contributed by atoms with Crippen molar-refractivity contribution >= 4 is 11.3 Å². The Morgan fingerprint density at radius 2 is 2.18 bits per heavy atom. The second-order valence-corrected chi connectivity index (χ2v) is 2.54. The maximum absolute atomic E-state index is 12.0. The van der Waals surface area contributed by atoms with Crippen molar-refractivity contribution in [2.24, 2.45) is 0 Å². The molecule has 0 N–H and O–H groups in total. The fourth-order valence-electron chi connectivity index (χ4n) is 0.569. The number of rotatable bonds is 1. The van der Waals surface area contributed by atoms with Crippen molar-refractivity contribution in [1.82, 2.24) is 4.98 Å². The summed E-state index contributed by atoms with van der Waals surface area (Å²) in [5.74, 6) is -0.359. The lowest BCUT2D eigenvalue weighted by atomic mass is 10.5. The molecule has 2 nitrogen and oxygen atoms in total. The maximum atomic E-state index is 12.0. The van der Waals surface area contributed by atoms with E-state index in [4.69, 9.17) is 0 Å². The number of halogens is 3. The molecule has 0 fully saturated rings. The lowest BCUT2D eigenvalue weighted by molar-refractivity contribution is -0.135. The highest BCUT2D eigenvalue weighted by molar-refractivity contribution is 7.10. The van der Waals surface area contributed by atoms with Crippen LogP contribution in [0, 0.1) is 0 Å². The van der Waals surface area contributed by atoms with Gasteiger partial charge in [-0.3, -0.25) is 0 Å². The number of aromatic nitrogens is 1. The third kappa shape index (κ3) is 1.62. The summed E-state index contributed by atoms with van der Waals surface area (Å²) < 4.78 is 40.3. The number of hydrogen-bond donors (Lipinski definition) is 0. The molecule has 0 unspecified atom stereocenters. The highest BCUT2D eigenvalue weighted by Crippen LogP contribution is 2.38. The van der Waals surface area contributed by atoms with Gasteiger partial charge in [0.2, 0.25) is 5.88 Å². The van der Waals surface area contributed by atoms with Crippen LogP contribution >= 0.6 is 11.3 Å². The molecule has 0 atom stereocenters. The van der Waals surface area contributed by atoms with E-state index in [0.717, 1.165) is 12.6 Å². The van der Waals surface area contributed by atoms with Crippen LogP contribution in [0.1, 0.15) is 4.88 Å². The van der Waals surface area contributed by atoms with Crippen LogP contribution in [0.2, 0.25) is 0 Å². The largest absolute Gasteiger partial charge is 0.480 e. The molecule has 11 heavy (non-hydrogen) atoms. The minimum atomic E-state index is -4.35. The van der Waals surface area contributed by atoms with Crippen LogP contribution in [0.4, 0.5) is 13.2 Å². The topological polar surface area (TPSA) is 22.1 Å². The summed E-state index contributed by atoms with van der Waals surface area (Å²) in [4.78, 5) is 2.59. The van der Waals surface area contributed by atoms with Crippen molar-refractivity contribution in [1.29, 1.82) is 0 Å². The molecule has 0 aliphatic rings. The molecule has 0 radical (unpaired) electrons. The van der Waals surface area contributed by atoms with Gasteiger partial charge in [0.25, 0.3) is 0 Å². The predicted molar refractivity (Wildman–Crippen MR) is 33.7 cm³/mol. The molecule has 0 aliphatic heterocycles. The average Bonchev–Trinajstić information content (AvgIpc) is 2.31. The highest BCUT2D eigenvalue weighted by Gasteiger charge is 2.36. The van der Waals surface area contributed by atoms with Gasteiger partial charge in [0.1, 0.15) is 0 Å². The molecule has 0 aliphatic carbocycles. The third-order valence-electron chi connectivity index (χ3n) is 0.986. The molecule has 0 amide bonds. The number of alkyl halides is 3. The molecule has 6 heteroatoms. The van der Waals surface area contributed by atoms with E-state index in [-0.39, 0.29) is 5.88 Å². The van der Waals surface area contributed by atoms with Crippen molar-refractivity contribution in [3.05, 3.63) is 10.4 Å². The summed E-state index contributed by atoms with van der Waals surface area (Å²) >= 11 is 0.520. The van der Waals surface area contributed by atoms with Crippen LogP contribution in [0.15, 0.2) is 5.51 Å². The van der Waals surface area contributed by atoms with E-state index < -0.39 is 11.1 Å². The van der Waals surface area contributed by atoms with Crippen molar-refractivity contribution in [3.63, 3.8) is 0 Å². The predicted octanol–water partition coefficient (Wildman–Crippen LogP) is 2.17. The number of thiazole rings is 1. The van der Waals surface area contributed by atoms with Gasteiger partial charge < -0.3 is 4.74 Å². The molecule has 0 aromatic carbocycles. The molecule has 0 spiro atoms. The SMILES string of the molecule is COc1ncsc1C(F)(F)F. The van der Waals surface area contributed by atoms with E-state index in [2.05, 4.69) is 9.72 Å². The van der Waals surface area contributed by atoms with Gasteiger partial charge in [-0.2, -0.15) is 13.2 Å². The molecule has 1 aromatic rings. The number of nitrogens with zero attached hydrogens (tertiary/aromatic N) is 1. The molecule has 1 rings (SSSR count). The van der Waals surface area contributed by atoms with Crippen LogP contribution in [-0.4, -0.2) is 12.1 Å². The van der Waals surface area contributed by atoms with Gasteiger partial charge in [0, 0.05) is 0 Å². The van der Waals surface area contributed by atoms with Gasteiger partial charge in [-0.25, -0.2) is 4.98 Å². The first kappa shape index (κ1) is 8.32. The minimum absolute atomic E-state index is 0.359. The first-order chi connectivity index (χ1) is 5.05. The number of methoxy groups -OCH3 is 1. The number of ether oxygens (including phenoxy) is 1. The second kappa shape index (κ2) is 2.69. The van der Waals surface area contributed by atoms with Crippen LogP contribution < -0.4 is 4.74 Å². The van der Waals surface area contributed by atoms with Gasteiger partial charge in [-0.1, -0.05) is 0 Å². The Morgan fingerprint density at radius 1 is 1.55 bits per heavy atom. The quantitative estimate of drug-likeness (QED) is 0.665. The Bertz CT molecular complexity index is 244. The summed E-state index contributed by atoms with van der Waals surface area (Å²) in [6.07, 6.45) is -4.35. The first-order valence-corrected chi connectivity index (χ1v) is 3.48. The van der Waals surface area contributed by atoms with Crippen molar-refractivity contribution < 1.29 is 17.9 Å². The Hall–Kier alpha value is -0.780. The zero-order chi connectivity index (χ0) is 8.48. The zero-order valence-electron chi connectivity index (χ0n) is 5.47. The monoisotopic (exact) mass is 183 g/mol. The van der Waals surface area contributed by atoms with Crippen LogP contribution in [0.3, 0.4) is 0 Å². The summed E-state index contributed by atoms with van der Waals surface area (Å²) in [5.41, 5.74) is 1.10. The summed E-state index contributed by atoms with van der Waals surface area (Å²) in [6, 6.07) is 0. The molecule has 1 heterocycles. The van der Waals surface area contributed by atoms with Crippen molar-refractivity contribution in [3.8, 4) is 5.88 Å². The average molecular weight is 183 g/mol. The Balaban J connectivity index is 3.02. The van der Waals surface area contributed by atoms with E-state index in [9.17, 15) is 13.2 Å². The Morgan fingerprint density at radius 3 is 2.55 bits per heavy atom. The molecular formula is C5H4F3NOS. The summed E-state index contributed by atoms with van der Waals surface area (Å²) in [7, 11) is 1.16. The van der Waals surface area contributed by atoms with E-state index in [1.807, 2.05) is 0 Å². The molecule has 0 bridgehead atoms. The first-order valence-electron chi connectivity index (χ1n) is 2.60. The fraction of sp³-hybridized carbons (Fsp3) is 0.400. The molecule has 1 aromatic heterocycles. The van der Waals surface area contributed by atoms with Crippen molar-refractivity contribution in [2.75, 3.05) is 7.11 Å². The lowest BCUT2D eigenvalue weighted by Gasteiger charge is -2.03. The van der Waals surface area contributed by atoms with Gasteiger partial charge in [-0.05, 0) is 0 Å². The van der Waals surface area contributed by atoms with E-state index in [1.165, 1.54) is 0 Å². The Kier molecular flexibility index (Phi) is 2.03. The Labute approximate surface area is 64.6 Å². The zero-order valence-corrected chi connectivity index (χ0v) is 6.29. The summed E-state index contributed by atoms with van der Waals surface area (Å²) in [5, 5.41) is 0. The van der Waals surface area contributed by atoms with E-state index >= 15 is 0 Å². The normalized spacial score (nSPS) is 11.6. The van der Waals surface area contributed by atoms with Crippen LogP contribution in [-0.2, 0) is 6.18 Å². The van der Waals surface area contributed by atoms with Crippen LogP contribution in [0.5, 0.6) is 5.88 Å². The fourth-order valence-corrected chi connectivity index (χ4v) is 1.19. The minimum Gasteiger partial charge on any atom is -0.480 e. The van der Waals surface area contributed by atoms with Gasteiger partial charge >= 0.3 is 6.18 Å². The van der Waals surface area contributed by atoms with Crippen LogP contribution in [0.25, 0.3) is 0 Å². The van der Waals surface area contributed by atoms with Gasteiger partial charge in [-0.15, -0.1) is 11.3 Å². The second-order valence-electron chi connectivity index (χ2n) is 1.69. The highest BCUT2D eigenvalue weighted by atomic mass is 32.1. The maximum Gasteiger partial charge on any atom is 0.430 e.